The Labute approximate surface area is 113 Å². The number of tetrazole rings is 1. The first-order valence-corrected chi connectivity index (χ1v) is 6.76. The second kappa shape index (κ2) is 4.64. The van der Waals surface area contributed by atoms with Crippen molar-refractivity contribution in [2.45, 2.75) is 39.2 Å². The average molecular weight is 257 g/mol. The molecule has 1 fully saturated rings. The molecule has 5 heteroatoms. The number of anilines is 1. The molecule has 100 valence electrons. The SMILES string of the molecule is CC1(C)CCCC1Nc1ccccc1-n1cnnn1. The highest BCUT2D eigenvalue weighted by atomic mass is 15.5. The van der Waals surface area contributed by atoms with Crippen LogP contribution in [0.5, 0.6) is 0 Å². The fourth-order valence-corrected chi connectivity index (χ4v) is 2.85. The number of hydrogen-bond donors (Lipinski definition) is 1. The van der Waals surface area contributed by atoms with E-state index in [1.54, 1.807) is 11.0 Å². The van der Waals surface area contributed by atoms with E-state index in [9.17, 15) is 0 Å². The Bertz CT molecular complexity index is 547. The summed E-state index contributed by atoms with van der Waals surface area (Å²) in [4.78, 5) is 0. The fraction of sp³-hybridized carbons (Fsp3) is 0.500. The van der Waals surface area contributed by atoms with Crippen LogP contribution in [0.25, 0.3) is 5.69 Å². The predicted octanol–water partition coefficient (Wildman–Crippen LogP) is 2.65. The Hall–Kier alpha value is -1.91. The second-order valence-corrected chi connectivity index (χ2v) is 5.85. The van der Waals surface area contributed by atoms with Crippen LogP contribution in [0.15, 0.2) is 30.6 Å². The minimum absolute atomic E-state index is 0.341. The van der Waals surface area contributed by atoms with Crippen molar-refractivity contribution >= 4 is 5.69 Å². The zero-order valence-corrected chi connectivity index (χ0v) is 11.4. The third-order valence-corrected chi connectivity index (χ3v) is 4.09. The van der Waals surface area contributed by atoms with E-state index in [1.807, 2.05) is 18.2 Å². The summed E-state index contributed by atoms with van der Waals surface area (Å²) >= 11 is 0. The summed E-state index contributed by atoms with van der Waals surface area (Å²) in [5.74, 6) is 0. The summed E-state index contributed by atoms with van der Waals surface area (Å²) < 4.78 is 1.70. The van der Waals surface area contributed by atoms with E-state index < -0.39 is 0 Å². The van der Waals surface area contributed by atoms with Gasteiger partial charge < -0.3 is 5.32 Å². The Morgan fingerprint density at radius 1 is 1.32 bits per heavy atom. The third-order valence-electron chi connectivity index (χ3n) is 4.09. The standard InChI is InChI=1S/C14H19N5/c1-14(2)9-5-8-13(14)16-11-6-3-4-7-12(11)19-10-15-17-18-19/h3-4,6-7,10,13,16H,5,8-9H2,1-2H3. The average Bonchev–Trinajstić information content (AvgIpc) is 3.01. The number of aromatic nitrogens is 4. The van der Waals surface area contributed by atoms with Crippen LogP contribution in [-0.2, 0) is 0 Å². The number of benzene rings is 1. The molecule has 2 aromatic rings. The molecule has 0 spiro atoms. The number of nitrogens with one attached hydrogen (secondary N) is 1. The first-order chi connectivity index (χ1) is 9.17. The first-order valence-electron chi connectivity index (χ1n) is 6.76. The molecule has 1 heterocycles. The van der Waals surface area contributed by atoms with Crippen LogP contribution in [0.1, 0.15) is 33.1 Å². The normalized spacial score (nSPS) is 21.5. The van der Waals surface area contributed by atoms with Gasteiger partial charge >= 0.3 is 0 Å². The van der Waals surface area contributed by atoms with Gasteiger partial charge in [0.05, 0.1) is 11.4 Å². The number of para-hydroxylation sites is 2. The molecule has 1 aromatic heterocycles. The minimum Gasteiger partial charge on any atom is -0.380 e. The molecule has 19 heavy (non-hydrogen) atoms. The summed E-state index contributed by atoms with van der Waals surface area (Å²) in [6.07, 6.45) is 5.41. The Morgan fingerprint density at radius 2 is 2.16 bits per heavy atom. The lowest BCUT2D eigenvalue weighted by atomic mass is 9.87. The molecule has 1 atom stereocenters. The molecule has 1 aliphatic carbocycles. The smallest absolute Gasteiger partial charge is 0.143 e. The summed E-state index contributed by atoms with van der Waals surface area (Å²) in [5, 5.41) is 15.1. The largest absolute Gasteiger partial charge is 0.380 e. The Balaban J connectivity index is 1.89. The van der Waals surface area contributed by atoms with Gasteiger partial charge in [-0.05, 0) is 40.8 Å². The van der Waals surface area contributed by atoms with Gasteiger partial charge in [0.15, 0.2) is 0 Å². The monoisotopic (exact) mass is 257 g/mol. The summed E-state index contributed by atoms with van der Waals surface area (Å²) in [6, 6.07) is 8.66. The molecule has 0 radical (unpaired) electrons. The van der Waals surface area contributed by atoms with Crippen LogP contribution in [-0.4, -0.2) is 26.2 Å². The highest BCUT2D eigenvalue weighted by molar-refractivity contribution is 5.61. The van der Waals surface area contributed by atoms with Gasteiger partial charge in [0.25, 0.3) is 0 Å². The highest BCUT2D eigenvalue weighted by Crippen LogP contribution is 2.39. The van der Waals surface area contributed by atoms with Crippen molar-refractivity contribution in [3.8, 4) is 5.69 Å². The molecule has 1 aromatic carbocycles. The highest BCUT2D eigenvalue weighted by Gasteiger charge is 2.34. The molecule has 1 unspecified atom stereocenters. The lowest BCUT2D eigenvalue weighted by molar-refractivity contribution is 0.350. The van der Waals surface area contributed by atoms with Crippen LogP contribution in [0.2, 0.25) is 0 Å². The van der Waals surface area contributed by atoms with E-state index in [0.717, 1.165) is 11.4 Å². The summed E-state index contributed by atoms with van der Waals surface area (Å²) in [5.41, 5.74) is 2.43. The molecular formula is C14H19N5. The summed E-state index contributed by atoms with van der Waals surface area (Å²) in [6.45, 7) is 4.66. The van der Waals surface area contributed by atoms with Crippen LogP contribution in [0.3, 0.4) is 0 Å². The Kier molecular flexibility index (Phi) is 2.97. The van der Waals surface area contributed by atoms with Crippen LogP contribution in [0, 0.1) is 5.41 Å². The van der Waals surface area contributed by atoms with E-state index in [0.29, 0.717) is 11.5 Å². The second-order valence-electron chi connectivity index (χ2n) is 5.85. The number of rotatable bonds is 3. The van der Waals surface area contributed by atoms with Crippen molar-refractivity contribution in [3.05, 3.63) is 30.6 Å². The molecule has 1 aliphatic rings. The third kappa shape index (κ3) is 2.32. The van der Waals surface area contributed by atoms with Gasteiger partial charge in [0, 0.05) is 6.04 Å². The van der Waals surface area contributed by atoms with Crippen molar-refractivity contribution in [2.75, 3.05) is 5.32 Å². The lowest BCUT2D eigenvalue weighted by Gasteiger charge is -2.29. The van der Waals surface area contributed by atoms with Crippen molar-refractivity contribution in [2.24, 2.45) is 5.41 Å². The van der Waals surface area contributed by atoms with Gasteiger partial charge in [-0.1, -0.05) is 32.4 Å². The van der Waals surface area contributed by atoms with E-state index >= 15 is 0 Å². The van der Waals surface area contributed by atoms with Crippen LogP contribution >= 0.6 is 0 Å². The maximum Gasteiger partial charge on any atom is 0.143 e. The quantitative estimate of drug-likeness (QED) is 0.918. The van der Waals surface area contributed by atoms with Gasteiger partial charge in [0.1, 0.15) is 6.33 Å². The van der Waals surface area contributed by atoms with E-state index in [-0.39, 0.29) is 0 Å². The van der Waals surface area contributed by atoms with Gasteiger partial charge in [-0.2, -0.15) is 4.68 Å². The van der Waals surface area contributed by atoms with Crippen LogP contribution < -0.4 is 5.32 Å². The molecule has 0 bridgehead atoms. The zero-order valence-electron chi connectivity index (χ0n) is 11.4. The first kappa shape index (κ1) is 12.1. The van der Waals surface area contributed by atoms with Crippen LogP contribution in [0.4, 0.5) is 5.69 Å². The molecule has 0 amide bonds. The van der Waals surface area contributed by atoms with Crippen molar-refractivity contribution in [3.63, 3.8) is 0 Å². The van der Waals surface area contributed by atoms with Gasteiger partial charge in [-0.3, -0.25) is 0 Å². The lowest BCUT2D eigenvalue weighted by Crippen LogP contribution is -2.31. The van der Waals surface area contributed by atoms with E-state index in [1.165, 1.54) is 19.3 Å². The predicted molar refractivity (Wildman–Crippen MR) is 74.2 cm³/mol. The number of nitrogens with zero attached hydrogens (tertiary/aromatic N) is 4. The minimum atomic E-state index is 0.341. The maximum atomic E-state index is 3.97. The van der Waals surface area contributed by atoms with E-state index in [4.69, 9.17) is 0 Å². The van der Waals surface area contributed by atoms with Crippen molar-refractivity contribution in [1.82, 2.24) is 20.2 Å². The van der Waals surface area contributed by atoms with Gasteiger partial charge in [0.2, 0.25) is 0 Å². The van der Waals surface area contributed by atoms with Gasteiger partial charge in [-0.15, -0.1) is 5.10 Å². The van der Waals surface area contributed by atoms with Crippen molar-refractivity contribution < 1.29 is 0 Å². The molecule has 1 N–H and O–H groups in total. The van der Waals surface area contributed by atoms with Crippen molar-refractivity contribution in [1.29, 1.82) is 0 Å². The Morgan fingerprint density at radius 3 is 2.84 bits per heavy atom. The molecule has 3 rings (SSSR count). The number of hydrogen-bond acceptors (Lipinski definition) is 4. The molecule has 0 saturated heterocycles. The summed E-state index contributed by atoms with van der Waals surface area (Å²) in [7, 11) is 0. The maximum absolute atomic E-state index is 3.97. The fourth-order valence-electron chi connectivity index (χ4n) is 2.85. The molecule has 0 aliphatic heterocycles. The van der Waals surface area contributed by atoms with E-state index in [2.05, 4.69) is 40.8 Å². The topological polar surface area (TPSA) is 55.6 Å². The van der Waals surface area contributed by atoms with Gasteiger partial charge in [-0.25, -0.2) is 0 Å². The molecular weight excluding hydrogens is 238 g/mol. The molecule has 1 saturated carbocycles. The zero-order chi connectivity index (χ0) is 13.3. The molecule has 5 nitrogen and oxygen atoms in total.